The van der Waals surface area contributed by atoms with Crippen molar-refractivity contribution in [3.05, 3.63) is 164 Å². The smallest absolute Gasteiger partial charge is 0.165 e. The van der Waals surface area contributed by atoms with Gasteiger partial charge in [0.25, 0.3) is 0 Å². The van der Waals surface area contributed by atoms with Crippen molar-refractivity contribution in [3.63, 3.8) is 0 Å². The zero-order chi connectivity index (χ0) is 32.3. The number of furan rings is 1. The summed E-state index contributed by atoms with van der Waals surface area (Å²) in [5.74, 6) is 1.89. The van der Waals surface area contributed by atoms with E-state index in [1.165, 1.54) is 5.39 Å². The molecular weight excluding hydrogens is 599 g/mol. The lowest BCUT2D eigenvalue weighted by molar-refractivity contribution is 0.669. The number of hydrogen-bond acceptors (Lipinski definition) is 4. The van der Waals surface area contributed by atoms with Gasteiger partial charge in [-0.25, -0.2) is 15.0 Å². The maximum atomic E-state index is 6.51. The van der Waals surface area contributed by atoms with E-state index in [2.05, 4.69) is 146 Å². The van der Waals surface area contributed by atoms with Crippen LogP contribution in [0.15, 0.2) is 168 Å². The average molecular weight is 626 g/mol. The molecule has 0 bridgehead atoms. The fourth-order valence-corrected chi connectivity index (χ4v) is 7.22. The minimum atomic E-state index is 0.624. The zero-order valence-corrected chi connectivity index (χ0v) is 26.3. The van der Waals surface area contributed by atoms with E-state index in [0.29, 0.717) is 17.5 Å². The molecule has 10 rings (SSSR count). The minimum absolute atomic E-state index is 0.624. The molecule has 8 aromatic carbocycles. The Kier molecular flexibility index (Phi) is 6.15. The van der Waals surface area contributed by atoms with Gasteiger partial charge in [-0.3, -0.25) is 0 Å². The first-order valence-corrected chi connectivity index (χ1v) is 16.4. The van der Waals surface area contributed by atoms with Crippen LogP contribution < -0.4 is 0 Å². The molecule has 0 aliphatic heterocycles. The fraction of sp³-hybridized carbons (Fsp3) is 0. The van der Waals surface area contributed by atoms with Crippen LogP contribution in [-0.2, 0) is 0 Å². The van der Waals surface area contributed by atoms with Gasteiger partial charge >= 0.3 is 0 Å². The predicted molar refractivity (Wildman–Crippen MR) is 201 cm³/mol. The summed E-state index contributed by atoms with van der Waals surface area (Å²) in [6.45, 7) is 0. The molecule has 228 valence electrons. The standard InChI is InChI=1S/C45H27N3O/c1-2-14-30(15-3-1)43-46-44(37-22-10-18-28-12-6-8-19-33(28)37)48-45(47-43)42-34-20-9-7-13-29(34)24-25-36(42)35-21-11-23-39-41(35)38-26-31-16-4-5-17-32(31)27-40(38)49-39/h1-27H. The molecule has 0 spiro atoms. The largest absolute Gasteiger partial charge is 0.456 e. The van der Waals surface area contributed by atoms with E-state index in [0.717, 1.165) is 76.7 Å². The van der Waals surface area contributed by atoms with Gasteiger partial charge in [0.1, 0.15) is 11.2 Å². The minimum Gasteiger partial charge on any atom is -0.456 e. The third kappa shape index (κ3) is 4.49. The van der Waals surface area contributed by atoms with Crippen LogP contribution in [0, 0.1) is 0 Å². The second-order valence-corrected chi connectivity index (χ2v) is 12.4. The number of hydrogen-bond donors (Lipinski definition) is 0. The SMILES string of the molecule is c1ccc(-c2nc(-c3cccc4ccccc34)nc(-c3c(-c4cccc5oc6cc7ccccc7cc6c45)ccc4ccccc34)n2)cc1. The Morgan fingerprint density at radius 2 is 0.959 bits per heavy atom. The summed E-state index contributed by atoms with van der Waals surface area (Å²) in [5.41, 5.74) is 6.68. The van der Waals surface area contributed by atoms with Crippen LogP contribution in [0.5, 0.6) is 0 Å². The highest BCUT2D eigenvalue weighted by Crippen LogP contribution is 2.44. The molecule has 0 aliphatic carbocycles. The number of fused-ring (bicyclic) bond motifs is 6. The lowest BCUT2D eigenvalue weighted by Crippen LogP contribution is -2.02. The Labute approximate surface area is 282 Å². The maximum absolute atomic E-state index is 6.51. The molecule has 4 nitrogen and oxygen atoms in total. The fourth-order valence-electron chi connectivity index (χ4n) is 7.22. The Bertz CT molecular complexity index is 2890. The lowest BCUT2D eigenvalue weighted by Gasteiger charge is -2.16. The van der Waals surface area contributed by atoms with Crippen LogP contribution in [0.25, 0.3) is 99.5 Å². The Morgan fingerprint density at radius 1 is 0.347 bits per heavy atom. The van der Waals surface area contributed by atoms with Crippen molar-refractivity contribution in [1.82, 2.24) is 15.0 Å². The van der Waals surface area contributed by atoms with Crippen LogP contribution in [-0.4, -0.2) is 15.0 Å². The van der Waals surface area contributed by atoms with Crippen LogP contribution in [0.3, 0.4) is 0 Å². The summed E-state index contributed by atoms with van der Waals surface area (Å²) in [5, 5.41) is 8.92. The van der Waals surface area contributed by atoms with Crippen molar-refractivity contribution in [2.24, 2.45) is 0 Å². The van der Waals surface area contributed by atoms with Gasteiger partial charge in [0, 0.05) is 27.5 Å². The van der Waals surface area contributed by atoms with E-state index in [1.54, 1.807) is 0 Å². The van der Waals surface area contributed by atoms with E-state index in [4.69, 9.17) is 19.4 Å². The van der Waals surface area contributed by atoms with Gasteiger partial charge in [-0.2, -0.15) is 0 Å². The van der Waals surface area contributed by atoms with E-state index in [9.17, 15) is 0 Å². The monoisotopic (exact) mass is 625 g/mol. The van der Waals surface area contributed by atoms with Crippen LogP contribution in [0.1, 0.15) is 0 Å². The first-order valence-electron chi connectivity index (χ1n) is 16.4. The quantitative estimate of drug-likeness (QED) is 0.195. The lowest BCUT2D eigenvalue weighted by atomic mass is 9.91. The molecule has 2 aromatic heterocycles. The molecule has 0 amide bonds. The zero-order valence-electron chi connectivity index (χ0n) is 26.3. The van der Waals surface area contributed by atoms with Gasteiger partial charge < -0.3 is 4.42 Å². The molecule has 10 aromatic rings. The molecule has 49 heavy (non-hydrogen) atoms. The van der Waals surface area contributed by atoms with Gasteiger partial charge in [0.2, 0.25) is 0 Å². The topological polar surface area (TPSA) is 51.8 Å². The Balaban J connectivity index is 1.31. The second-order valence-electron chi connectivity index (χ2n) is 12.4. The molecule has 4 heteroatoms. The highest BCUT2D eigenvalue weighted by molar-refractivity contribution is 6.18. The van der Waals surface area contributed by atoms with Crippen LogP contribution >= 0.6 is 0 Å². The molecule has 0 saturated carbocycles. The third-order valence-electron chi connectivity index (χ3n) is 9.50. The van der Waals surface area contributed by atoms with Crippen molar-refractivity contribution < 1.29 is 4.42 Å². The third-order valence-corrected chi connectivity index (χ3v) is 9.50. The summed E-state index contributed by atoms with van der Waals surface area (Å²) in [6.07, 6.45) is 0. The van der Waals surface area contributed by atoms with Crippen molar-refractivity contribution >= 4 is 54.3 Å². The summed E-state index contributed by atoms with van der Waals surface area (Å²) in [7, 11) is 0. The van der Waals surface area contributed by atoms with E-state index in [-0.39, 0.29) is 0 Å². The summed E-state index contributed by atoms with van der Waals surface area (Å²) in [6, 6.07) is 56.8. The molecule has 0 N–H and O–H groups in total. The van der Waals surface area contributed by atoms with Crippen LogP contribution in [0.4, 0.5) is 0 Å². The predicted octanol–water partition coefficient (Wildman–Crippen LogP) is 11.9. The number of aromatic nitrogens is 3. The molecular formula is C45H27N3O. The van der Waals surface area contributed by atoms with Crippen LogP contribution in [0.2, 0.25) is 0 Å². The van der Waals surface area contributed by atoms with Gasteiger partial charge in [0.05, 0.1) is 0 Å². The molecule has 0 saturated heterocycles. The van der Waals surface area contributed by atoms with Crippen molar-refractivity contribution in [2.45, 2.75) is 0 Å². The summed E-state index contributed by atoms with van der Waals surface area (Å²) in [4.78, 5) is 15.7. The highest BCUT2D eigenvalue weighted by Gasteiger charge is 2.22. The number of rotatable bonds is 4. The Morgan fingerprint density at radius 3 is 1.80 bits per heavy atom. The summed E-state index contributed by atoms with van der Waals surface area (Å²) >= 11 is 0. The van der Waals surface area contributed by atoms with E-state index >= 15 is 0 Å². The Hall–Kier alpha value is -6.65. The second kappa shape index (κ2) is 11.0. The van der Waals surface area contributed by atoms with Gasteiger partial charge in [-0.15, -0.1) is 0 Å². The maximum Gasteiger partial charge on any atom is 0.165 e. The highest BCUT2D eigenvalue weighted by atomic mass is 16.3. The molecule has 0 radical (unpaired) electrons. The number of nitrogens with zero attached hydrogens (tertiary/aromatic N) is 3. The van der Waals surface area contributed by atoms with Crippen molar-refractivity contribution in [2.75, 3.05) is 0 Å². The molecule has 2 heterocycles. The normalized spacial score (nSPS) is 11.7. The number of benzene rings is 8. The van der Waals surface area contributed by atoms with E-state index in [1.807, 2.05) is 18.2 Å². The van der Waals surface area contributed by atoms with Crippen molar-refractivity contribution in [3.8, 4) is 45.3 Å². The average Bonchev–Trinajstić information content (AvgIpc) is 3.54. The van der Waals surface area contributed by atoms with Crippen molar-refractivity contribution in [1.29, 1.82) is 0 Å². The van der Waals surface area contributed by atoms with E-state index < -0.39 is 0 Å². The molecule has 0 fully saturated rings. The molecule has 0 atom stereocenters. The van der Waals surface area contributed by atoms with Gasteiger partial charge in [-0.1, -0.05) is 146 Å². The first kappa shape index (κ1) is 27.5. The van der Waals surface area contributed by atoms with Gasteiger partial charge in [0.15, 0.2) is 17.5 Å². The molecule has 0 unspecified atom stereocenters. The summed E-state index contributed by atoms with van der Waals surface area (Å²) < 4.78 is 6.51. The molecule has 0 aliphatic rings. The first-order chi connectivity index (χ1) is 24.3. The van der Waals surface area contributed by atoms with Gasteiger partial charge in [-0.05, 0) is 61.6 Å².